The molecule has 4 aromatic rings. The SMILES string of the molecule is CC1(C)O[C@@H]2O[C@H]([C@H]3COC(C)(C)O3)[C@H](O[C@H]3O[C@H](COCc4ccccc4)[C@@H](OCc4ccccc4)[C@H](OCc4ccccc4)[C@@H]3OCc3ccccc3)[C@H]2O1. The smallest absolute Gasteiger partial charge is 0.190 e. The quantitative estimate of drug-likeness (QED) is 0.116. The van der Waals surface area contributed by atoms with Gasteiger partial charge in [-0.3, -0.25) is 0 Å². The van der Waals surface area contributed by atoms with Gasteiger partial charge in [-0.15, -0.1) is 0 Å². The molecule has 0 unspecified atom stereocenters. The molecule has 0 N–H and O–H groups in total. The molecule has 0 amide bonds. The van der Waals surface area contributed by atoms with Gasteiger partial charge in [-0.25, -0.2) is 0 Å². The Kier molecular flexibility index (Phi) is 12.8. The summed E-state index contributed by atoms with van der Waals surface area (Å²) < 4.78 is 72.8. The zero-order valence-corrected chi connectivity index (χ0v) is 33.1. The highest BCUT2D eigenvalue weighted by molar-refractivity contribution is 5.16. The summed E-state index contributed by atoms with van der Waals surface area (Å²) in [6.07, 6.45) is -6.67. The number of hydrogen-bond acceptors (Lipinski definition) is 11. The van der Waals surface area contributed by atoms with Crippen LogP contribution in [0.3, 0.4) is 0 Å². The molecule has 0 spiro atoms. The highest BCUT2D eigenvalue weighted by Crippen LogP contribution is 2.44. The van der Waals surface area contributed by atoms with Crippen molar-refractivity contribution in [1.29, 1.82) is 0 Å². The first-order chi connectivity index (χ1) is 27.7. The van der Waals surface area contributed by atoms with Gasteiger partial charge in [0.1, 0.15) is 48.8 Å². The van der Waals surface area contributed by atoms with Crippen LogP contribution >= 0.6 is 0 Å². The predicted octanol–water partition coefficient (Wildman–Crippen LogP) is 7.10. The van der Waals surface area contributed by atoms with Crippen molar-refractivity contribution in [1.82, 2.24) is 0 Å². The second-order valence-corrected chi connectivity index (χ2v) is 15.9. The van der Waals surface area contributed by atoms with Gasteiger partial charge in [0, 0.05) is 0 Å². The minimum Gasteiger partial charge on any atom is -0.374 e. The number of fused-ring (bicyclic) bond motifs is 1. The lowest BCUT2D eigenvalue weighted by atomic mass is 9.97. The molecule has 0 bridgehead atoms. The first-order valence-electron chi connectivity index (χ1n) is 19.9. The van der Waals surface area contributed by atoms with Crippen molar-refractivity contribution in [2.24, 2.45) is 0 Å². The monoisotopic (exact) mass is 782 g/mol. The van der Waals surface area contributed by atoms with Crippen LogP contribution in [0, 0.1) is 0 Å². The molecule has 11 nitrogen and oxygen atoms in total. The lowest BCUT2D eigenvalue weighted by Crippen LogP contribution is -2.63. The van der Waals surface area contributed by atoms with E-state index in [2.05, 4.69) is 0 Å². The Morgan fingerprint density at radius 2 is 1.02 bits per heavy atom. The van der Waals surface area contributed by atoms with Crippen molar-refractivity contribution >= 4 is 0 Å². The lowest BCUT2D eigenvalue weighted by molar-refractivity contribution is -0.345. The average molecular weight is 783 g/mol. The first-order valence-corrected chi connectivity index (χ1v) is 19.9. The van der Waals surface area contributed by atoms with Crippen LogP contribution in [0.5, 0.6) is 0 Å². The van der Waals surface area contributed by atoms with Gasteiger partial charge in [-0.2, -0.15) is 0 Å². The van der Waals surface area contributed by atoms with Crippen LogP contribution in [-0.4, -0.2) is 86.2 Å². The Bertz CT molecular complexity index is 1810. The molecule has 4 heterocycles. The van der Waals surface area contributed by atoms with Crippen molar-refractivity contribution in [2.75, 3.05) is 13.2 Å². The van der Waals surface area contributed by atoms with E-state index in [1.165, 1.54) is 0 Å². The summed E-state index contributed by atoms with van der Waals surface area (Å²) in [4.78, 5) is 0. The van der Waals surface area contributed by atoms with E-state index in [-0.39, 0.29) is 13.2 Å². The minimum atomic E-state index is -0.978. The summed E-state index contributed by atoms with van der Waals surface area (Å²) in [7, 11) is 0. The zero-order chi connectivity index (χ0) is 39.2. The van der Waals surface area contributed by atoms with E-state index in [9.17, 15) is 0 Å². The Morgan fingerprint density at radius 3 is 1.54 bits per heavy atom. The fourth-order valence-corrected chi connectivity index (χ4v) is 7.85. The van der Waals surface area contributed by atoms with Gasteiger partial charge in [0.15, 0.2) is 24.2 Å². The minimum absolute atomic E-state index is 0.196. The van der Waals surface area contributed by atoms with E-state index >= 15 is 0 Å². The maximum atomic E-state index is 7.14. The molecule has 11 heteroatoms. The topological polar surface area (TPSA) is 102 Å². The predicted molar refractivity (Wildman–Crippen MR) is 208 cm³/mol. The van der Waals surface area contributed by atoms with E-state index in [1.54, 1.807) is 0 Å². The molecule has 4 aromatic carbocycles. The maximum Gasteiger partial charge on any atom is 0.190 e. The Hall–Kier alpha value is -3.56. The molecule has 0 radical (unpaired) electrons. The van der Waals surface area contributed by atoms with Gasteiger partial charge >= 0.3 is 0 Å². The lowest BCUT2D eigenvalue weighted by Gasteiger charge is -2.47. The van der Waals surface area contributed by atoms with Crippen LogP contribution in [0.1, 0.15) is 49.9 Å². The summed E-state index contributed by atoms with van der Waals surface area (Å²) in [5.41, 5.74) is 4.06. The number of rotatable bonds is 16. The average Bonchev–Trinajstić information content (AvgIpc) is 3.85. The molecule has 8 rings (SSSR count). The molecule has 4 aliphatic heterocycles. The largest absolute Gasteiger partial charge is 0.374 e. The molecule has 304 valence electrons. The third-order valence-electron chi connectivity index (χ3n) is 10.6. The van der Waals surface area contributed by atoms with Crippen molar-refractivity contribution in [3.63, 3.8) is 0 Å². The molecule has 10 atom stereocenters. The van der Waals surface area contributed by atoms with Crippen molar-refractivity contribution in [3.05, 3.63) is 144 Å². The van der Waals surface area contributed by atoms with Gasteiger partial charge in [-0.1, -0.05) is 121 Å². The Balaban J connectivity index is 1.14. The van der Waals surface area contributed by atoms with Gasteiger partial charge in [-0.05, 0) is 49.9 Å². The third kappa shape index (κ3) is 10.2. The van der Waals surface area contributed by atoms with Crippen molar-refractivity contribution < 1.29 is 52.1 Å². The fraction of sp³-hybridized carbons (Fsp3) is 0.478. The zero-order valence-electron chi connectivity index (χ0n) is 33.1. The van der Waals surface area contributed by atoms with Crippen LogP contribution in [0.4, 0.5) is 0 Å². The van der Waals surface area contributed by atoms with E-state index in [1.807, 2.05) is 149 Å². The number of ether oxygens (including phenoxy) is 11. The molecular weight excluding hydrogens is 728 g/mol. The van der Waals surface area contributed by atoms with E-state index in [4.69, 9.17) is 52.1 Å². The Morgan fingerprint density at radius 1 is 0.509 bits per heavy atom. The van der Waals surface area contributed by atoms with Crippen LogP contribution in [0.25, 0.3) is 0 Å². The molecule has 4 saturated heterocycles. The normalized spacial score (nSPS) is 31.6. The summed E-state index contributed by atoms with van der Waals surface area (Å²) in [6, 6.07) is 40.2. The van der Waals surface area contributed by atoms with Crippen LogP contribution in [0.15, 0.2) is 121 Å². The van der Waals surface area contributed by atoms with E-state index in [0.29, 0.717) is 26.4 Å². The first kappa shape index (κ1) is 40.2. The fourth-order valence-electron chi connectivity index (χ4n) is 7.85. The van der Waals surface area contributed by atoms with Gasteiger partial charge in [0.25, 0.3) is 0 Å². The highest BCUT2D eigenvalue weighted by atomic mass is 16.9. The molecular formula is C46H54O11. The second-order valence-electron chi connectivity index (χ2n) is 15.9. The standard InChI is InChI=1S/C46H54O11/c1-45(2)51-30-36(55-45)38-40(42-44(53-38)57-46(3,4)56-42)54-43-41(50-28-34-23-15-8-16-24-34)39(49-27-33-21-13-7-14-22-33)37(48-26-32-19-11-6-12-20-32)35(52-43)29-47-25-31-17-9-5-10-18-31/h5-24,35-44H,25-30H2,1-4H3/t35-,36-,37-,38-,39+,40+,41+,42-,43-,44+/m1/s1. The number of benzene rings is 4. The molecule has 57 heavy (non-hydrogen) atoms. The summed E-state index contributed by atoms with van der Waals surface area (Å²) in [5.74, 6) is -1.68. The molecule has 0 saturated carbocycles. The molecule has 4 fully saturated rings. The van der Waals surface area contributed by atoms with Crippen molar-refractivity contribution in [3.8, 4) is 0 Å². The molecule has 0 aromatic heterocycles. The summed E-state index contributed by atoms with van der Waals surface area (Å²) in [6.45, 7) is 9.30. The van der Waals surface area contributed by atoms with Crippen molar-refractivity contribution in [2.45, 2.75) is 127 Å². The summed E-state index contributed by atoms with van der Waals surface area (Å²) >= 11 is 0. The third-order valence-corrected chi connectivity index (χ3v) is 10.6. The second kappa shape index (κ2) is 18.1. The van der Waals surface area contributed by atoms with Gasteiger partial charge in [0.2, 0.25) is 0 Å². The van der Waals surface area contributed by atoms with Crippen LogP contribution in [0.2, 0.25) is 0 Å². The number of hydrogen-bond donors (Lipinski definition) is 0. The van der Waals surface area contributed by atoms with Gasteiger partial charge < -0.3 is 52.1 Å². The Labute approximate surface area is 335 Å². The van der Waals surface area contributed by atoms with Crippen LogP contribution < -0.4 is 0 Å². The maximum absolute atomic E-state index is 7.14. The molecule has 0 aliphatic carbocycles. The highest BCUT2D eigenvalue weighted by Gasteiger charge is 2.61. The molecule has 4 aliphatic rings. The summed E-state index contributed by atoms with van der Waals surface area (Å²) in [5, 5.41) is 0. The van der Waals surface area contributed by atoms with E-state index < -0.39 is 73.0 Å². The van der Waals surface area contributed by atoms with E-state index in [0.717, 1.165) is 22.3 Å². The van der Waals surface area contributed by atoms with Crippen LogP contribution in [-0.2, 0) is 78.5 Å². The van der Waals surface area contributed by atoms with Gasteiger partial charge in [0.05, 0.1) is 39.6 Å².